The first kappa shape index (κ1) is 9.06. The molecule has 0 spiro atoms. The van der Waals surface area contributed by atoms with Crippen molar-refractivity contribution in [1.29, 1.82) is 0 Å². The quantitative estimate of drug-likeness (QED) is 0.458. The molecule has 4 nitrogen and oxygen atoms in total. The molecule has 12 heavy (non-hydrogen) atoms. The van der Waals surface area contributed by atoms with Crippen LogP contribution >= 0.6 is 6.49 Å². The fourth-order valence-corrected chi connectivity index (χ4v) is 4.00. The first-order valence-corrected chi connectivity index (χ1v) is 7.16. The third-order valence-corrected chi connectivity index (χ3v) is 5.46. The Morgan fingerprint density at radius 1 is 0.917 bits per heavy atom. The van der Waals surface area contributed by atoms with Crippen molar-refractivity contribution >= 4 is 18.3 Å². The number of hydrogen-bond donors (Lipinski definition) is 3. The van der Waals surface area contributed by atoms with Crippen LogP contribution in [-0.2, 0) is 11.8 Å². The van der Waals surface area contributed by atoms with E-state index in [0.29, 0.717) is 0 Å². The second kappa shape index (κ2) is 3.70. The van der Waals surface area contributed by atoms with Crippen LogP contribution in [0.15, 0.2) is 0 Å². The van der Waals surface area contributed by atoms with Gasteiger partial charge in [-0.2, -0.15) is 0 Å². The summed E-state index contributed by atoms with van der Waals surface area (Å²) in [6.07, 6.45) is 0. The number of fused-ring (bicyclic) bond motifs is 6. The lowest BCUT2D eigenvalue weighted by Crippen LogP contribution is -2.49. The summed E-state index contributed by atoms with van der Waals surface area (Å²) in [4.78, 5) is 2.45. The zero-order valence-electron chi connectivity index (χ0n) is 7.05. The highest BCUT2D eigenvalue weighted by Gasteiger charge is 2.21. The average molecular weight is 206 g/mol. The van der Waals surface area contributed by atoms with Gasteiger partial charge in [-0.25, -0.2) is 0 Å². The fourth-order valence-electron chi connectivity index (χ4n) is 1.60. The Labute approximate surface area is 78.3 Å². The van der Waals surface area contributed by atoms with Gasteiger partial charge in [-0.05, 0) is 11.8 Å². The molecule has 3 N–H and O–H groups in total. The van der Waals surface area contributed by atoms with E-state index >= 15 is 0 Å². The minimum atomic E-state index is -1.59. The smallest absolute Gasteiger partial charge is 0.137 e. The molecule has 6 heteroatoms. The second-order valence-electron chi connectivity index (χ2n) is 3.18. The standard InChI is InChI=1S/C6H15N4PS/c12-11-7-1-4-10(5-2-8-11)6-3-9-11/h1-6H2,(H3,7,8,9,12). The van der Waals surface area contributed by atoms with Crippen LogP contribution in [0, 0.1) is 0 Å². The Bertz CT molecular complexity index is 176. The van der Waals surface area contributed by atoms with E-state index in [1.54, 1.807) is 0 Å². The summed E-state index contributed by atoms with van der Waals surface area (Å²) in [7, 11) is 0. The molecule has 70 valence electrons. The Hall–Kier alpha value is 0.490. The van der Waals surface area contributed by atoms with E-state index in [-0.39, 0.29) is 0 Å². The molecule has 0 radical (unpaired) electrons. The minimum Gasteiger partial charge on any atom is -0.300 e. The molecule has 0 aromatic carbocycles. The van der Waals surface area contributed by atoms with E-state index in [4.69, 9.17) is 11.8 Å². The molecule has 3 fully saturated rings. The maximum atomic E-state index is 5.48. The Morgan fingerprint density at radius 2 is 1.33 bits per heavy atom. The van der Waals surface area contributed by atoms with Crippen molar-refractivity contribution in [2.45, 2.75) is 0 Å². The van der Waals surface area contributed by atoms with Gasteiger partial charge in [0.25, 0.3) is 0 Å². The summed E-state index contributed by atoms with van der Waals surface area (Å²) in [6.45, 7) is 4.87. The third kappa shape index (κ3) is 2.05. The average Bonchev–Trinajstić information content (AvgIpc) is 1.93. The summed E-state index contributed by atoms with van der Waals surface area (Å²) in [5, 5.41) is 10.2. The molecule has 0 unspecified atom stereocenters. The van der Waals surface area contributed by atoms with Gasteiger partial charge in [-0.1, -0.05) is 0 Å². The zero-order valence-corrected chi connectivity index (χ0v) is 8.76. The Balaban J connectivity index is 2.11. The van der Waals surface area contributed by atoms with Crippen molar-refractivity contribution in [2.75, 3.05) is 39.3 Å². The van der Waals surface area contributed by atoms with Crippen LogP contribution in [0.2, 0.25) is 0 Å². The topological polar surface area (TPSA) is 39.3 Å². The van der Waals surface area contributed by atoms with Gasteiger partial charge in [0.1, 0.15) is 6.49 Å². The molecule has 0 amide bonds. The molecule has 2 bridgehead atoms. The molecule has 3 aliphatic heterocycles. The van der Waals surface area contributed by atoms with Crippen LogP contribution in [-0.4, -0.2) is 44.2 Å². The van der Waals surface area contributed by atoms with Crippen molar-refractivity contribution in [2.24, 2.45) is 0 Å². The van der Waals surface area contributed by atoms with Crippen LogP contribution in [0.4, 0.5) is 0 Å². The SMILES string of the molecule is S=P12NCCN(CCN1)CCN2. The molecule has 0 aliphatic carbocycles. The lowest BCUT2D eigenvalue weighted by Gasteiger charge is -2.36. The fraction of sp³-hybridized carbons (Fsp3) is 1.00. The predicted molar refractivity (Wildman–Crippen MR) is 54.7 cm³/mol. The molecule has 3 heterocycles. The monoisotopic (exact) mass is 206 g/mol. The van der Waals surface area contributed by atoms with Gasteiger partial charge in [0, 0.05) is 39.3 Å². The van der Waals surface area contributed by atoms with E-state index < -0.39 is 6.49 Å². The van der Waals surface area contributed by atoms with Crippen LogP contribution in [0.1, 0.15) is 0 Å². The number of rotatable bonds is 0. The summed E-state index contributed by atoms with van der Waals surface area (Å²) in [5.41, 5.74) is 0. The minimum absolute atomic E-state index is 1.01. The first-order valence-electron chi connectivity index (χ1n) is 4.36. The molecular formula is C6H15N4PS. The van der Waals surface area contributed by atoms with Gasteiger partial charge in [0.05, 0.1) is 0 Å². The Kier molecular flexibility index (Phi) is 2.79. The van der Waals surface area contributed by atoms with Crippen molar-refractivity contribution < 1.29 is 0 Å². The van der Waals surface area contributed by atoms with Crippen LogP contribution in [0.3, 0.4) is 0 Å². The molecule has 0 aromatic heterocycles. The van der Waals surface area contributed by atoms with E-state index in [2.05, 4.69) is 20.2 Å². The summed E-state index contributed by atoms with van der Waals surface area (Å²) >= 11 is 5.48. The van der Waals surface area contributed by atoms with Crippen molar-refractivity contribution in [1.82, 2.24) is 20.2 Å². The molecule has 0 aromatic rings. The van der Waals surface area contributed by atoms with E-state index in [1.807, 2.05) is 0 Å². The van der Waals surface area contributed by atoms with Crippen LogP contribution < -0.4 is 15.3 Å². The zero-order chi connectivity index (χ0) is 8.44. The van der Waals surface area contributed by atoms with E-state index in [0.717, 1.165) is 39.3 Å². The number of nitrogens with zero attached hydrogens (tertiary/aromatic N) is 1. The van der Waals surface area contributed by atoms with E-state index in [1.165, 1.54) is 0 Å². The summed E-state index contributed by atoms with van der Waals surface area (Å²) in [5.74, 6) is 0. The predicted octanol–water partition coefficient (Wildman–Crippen LogP) is -0.691. The van der Waals surface area contributed by atoms with Crippen molar-refractivity contribution in [3.63, 3.8) is 0 Å². The molecule has 0 atom stereocenters. The first-order chi connectivity index (χ1) is 5.79. The molecule has 3 aliphatic rings. The van der Waals surface area contributed by atoms with Gasteiger partial charge >= 0.3 is 0 Å². The van der Waals surface area contributed by atoms with Gasteiger partial charge in [-0.3, -0.25) is 20.2 Å². The molecular weight excluding hydrogens is 191 g/mol. The van der Waals surface area contributed by atoms with Crippen molar-refractivity contribution in [3.05, 3.63) is 0 Å². The number of nitrogens with one attached hydrogen (secondary N) is 3. The van der Waals surface area contributed by atoms with E-state index in [9.17, 15) is 0 Å². The van der Waals surface area contributed by atoms with Gasteiger partial charge in [-0.15, -0.1) is 0 Å². The lowest BCUT2D eigenvalue weighted by molar-refractivity contribution is 0.276. The Morgan fingerprint density at radius 3 is 1.75 bits per heavy atom. The van der Waals surface area contributed by atoms with Gasteiger partial charge < -0.3 is 0 Å². The van der Waals surface area contributed by atoms with Gasteiger partial charge in [0.15, 0.2) is 0 Å². The second-order valence-corrected chi connectivity index (χ2v) is 6.99. The normalized spacial score (nSPS) is 43.2. The highest BCUT2D eigenvalue weighted by molar-refractivity contribution is 8.11. The summed E-state index contributed by atoms with van der Waals surface area (Å²) in [6, 6.07) is 0. The molecule has 3 saturated heterocycles. The molecule has 3 rings (SSSR count). The van der Waals surface area contributed by atoms with Gasteiger partial charge in [0.2, 0.25) is 0 Å². The maximum absolute atomic E-state index is 5.48. The highest BCUT2D eigenvalue weighted by atomic mass is 32.4. The third-order valence-electron chi connectivity index (χ3n) is 2.29. The number of hydrogen-bond acceptors (Lipinski definition) is 2. The highest BCUT2D eigenvalue weighted by Crippen LogP contribution is 2.31. The maximum Gasteiger partial charge on any atom is 0.137 e. The van der Waals surface area contributed by atoms with Crippen LogP contribution in [0.5, 0.6) is 0 Å². The lowest BCUT2D eigenvalue weighted by atomic mass is 10.4. The molecule has 0 saturated carbocycles. The van der Waals surface area contributed by atoms with Crippen molar-refractivity contribution in [3.8, 4) is 0 Å². The van der Waals surface area contributed by atoms with Crippen LogP contribution in [0.25, 0.3) is 0 Å². The largest absolute Gasteiger partial charge is 0.300 e. The summed E-state index contributed by atoms with van der Waals surface area (Å²) < 4.78 is 0.